The number of hydrogen-bond acceptors (Lipinski definition) is 1. The summed E-state index contributed by atoms with van der Waals surface area (Å²) in [5, 5.41) is 0. The Morgan fingerprint density at radius 2 is 2.00 bits per heavy atom. The minimum atomic E-state index is 0.440. The molecule has 0 saturated heterocycles. The van der Waals surface area contributed by atoms with Crippen molar-refractivity contribution in [2.45, 2.75) is 51.4 Å². The van der Waals surface area contributed by atoms with Crippen molar-refractivity contribution in [1.82, 2.24) is 0 Å². The summed E-state index contributed by atoms with van der Waals surface area (Å²) in [6, 6.07) is 6.91. The van der Waals surface area contributed by atoms with Gasteiger partial charge in [0.25, 0.3) is 0 Å². The fourth-order valence-corrected chi connectivity index (χ4v) is 2.86. The number of aryl methyl sites for hydroxylation is 3. The van der Waals surface area contributed by atoms with Gasteiger partial charge in [0, 0.05) is 12.3 Å². The number of rotatable bonds is 5. The van der Waals surface area contributed by atoms with Gasteiger partial charge < -0.3 is 0 Å². The maximum absolute atomic E-state index is 11.6. The first kappa shape index (κ1) is 11.0. The Labute approximate surface area is 103 Å². The van der Waals surface area contributed by atoms with Crippen LogP contribution >= 0.6 is 0 Å². The lowest BCUT2D eigenvalue weighted by Crippen LogP contribution is -2.00. The van der Waals surface area contributed by atoms with E-state index in [1.54, 1.807) is 11.1 Å². The molecule has 1 heteroatoms. The summed E-state index contributed by atoms with van der Waals surface area (Å²) in [6.07, 6.45) is 9.04. The third-order valence-corrected chi connectivity index (χ3v) is 4.08. The number of carbonyl (C=O) groups is 1. The van der Waals surface area contributed by atoms with Crippen molar-refractivity contribution in [3.05, 3.63) is 34.9 Å². The second-order valence-corrected chi connectivity index (χ2v) is 5.55. The van der Waals surface area contributed by atoms with E-state index in [2.05, 4.69) is 18.2 Å². The molecule has 1 aromatic rings. The summed E-state index contributed by atoms with van der Waals surface area (Å²) in [7, 11) is 0. The molecule has 1 nitrogen and oxygen atoms in total. The van der Waals surface area contributed by atoms with Gasteiger partial charge in [0.2, 0.25) is 0 Å². The molecule has 1 saturated carbocycles. The third kappa shape index (κ3) is 2.59. The number of Topliss-reactive ketones (excluding diaryl/α,β-unsaturated/α-hetero) is 1. The molecule has 0 spiro atoms. The molecule has 0 aliphatic heterocycles. The average molecular weight is 228 g/mol. The Morgan fingerprint density at radius 3 is 2.82 bits per heavy atom. The molecular weight excluding hydrogens is 208 g/mol. The van der Waals surface area contributed by atoms with Crippen molar-refractivity contribution in [2.24, 2.45) is 5.92 Å². The normalized spacial score (nSPS) is 18.1. The van der Waals surface area contributed by atoms with E-state index in [0.29, 0.717) is 11.7 Å². The number of hydrogen-bond donors (Lipinski definition) is 0. The van der Waals surface area contributed by atoms with Gasteiger partial charge >= 0.3 is 0 Å². The van der Waals surface area contributed by atoms with Gasteiger partial charge in [-0.15, -0.1) is 0 Å². The predicted molar refractivity (Wildman–Crippen MR) is 69.1 cm³/mol. The molecule has 1 aromatic carbocycles. The van der Waals surface area contributed by atoms with E-state index >= 15 is 0 Å². The van der Waals surface area contributed by atoms with Crippen LogP contribution in [0.4, 0.5) is 0 Å². The van der Waals surface area contributed by atoms with E-state index in [1.165, 1.54) is 24.8 Å². The van der Waals surface area contributed by atoms with Gasteiger partial charge in [-0.05, 0) is 61.6 Å². The summed E-state index contributed by atoms with van der Waals surface area (Å²) in [5.74, 6) is 0.946. The van der Waals surface area contributed by atoms with Crippen LogP contribution in [0.1, 0.15) is 48.8 Å². The first-order chi connectivity index (χ1) is 8.33. The summed E-state index contributed by atoms with van der Waals surface area (Å²) >= 11 is 0. The Bertz CT molecular complexity index is 429. The van der Waals surface area contributed by atoms with Crippen LogP contribution in [0.3, 0.4) is 0 Å². The smallest absolute Gasteiger partial charge is 0.135 e. The van der Waals surface area contributed by atoms with Crippen LogP contribution in [-0.2, 0) is 24.1 Å². The van der Waals surface area contributed by atoms with Gasteiger partial charge in [0.1, 0.15) is 5.78 Å². The van der Waals surface area contributed by atoms with Crippen molar-refractivity contribution in [1.29, 1.82) is 0 Å². The number of ketones is 1. The second-order valence-electron chi connectivity index (χ2n) is 5.55. The highest BCUT2D eigenvalue weighted by Crippen LogP contribution is 2.31. The summed E-state index contributed by atoms with van der Waals surface area (Å²) in [6.45, 7) is 0. The van der Waals surface area contributed by atoms with E-state index in [9.17, 15) is 4.79 Å². The number of carbonyl (C=O) groups excluding carboxylic acids is 1. The van der Waals surface area contributed by atoms with Crippen LogP contribution in [0.15, 0.2) is 18.2 Å². The lowest BCUT2D eigenvalue weighted by Gasteiger charge is -2.04. The first-order valence-corrected chi connectivity index (χ1v) is 6.96. The fourth-order valence-electron chi connectivity index (χ4n) is 2.86. The summed E-state index contributed by atoms with van der Waals surface area (Å²) in [4.78, 5) is 11.6. The quantitative estimate of drug-likeness (QED) is 0.754. The maximum Gasteiger partial charge on any atom is 0.135 e. The van der Waals surface area contributed by atoms with Gasteiger partial charge in [0.15, 0.2) is 0 Å². The van der Waals surface area contributed by atoms with Crippen molar-refractivity contribution >= 4 is 5.78 Å². The molecule has 1 fully saturated rings. The Balaban J connectivity index is 1.52. The monoisotopic (exact) mass is 228 g/mol. The van der Waals surface area contributed by atoms with Crippen molar-refractivity contribution in [3.8, 4) is 0 Å². The maximum atomic E-state index is 11.6. The van der Waals surface area contributed by atoms with Crippen molar-refractivity contribution in [2.75, 3.05) is 0 Å². The topological polar surface area (TPSA) is 17.1 Å². The zero-order chi connectivity index (χ0) is 11.7. The Hall–Kier alpha value is -1.11. The van der Waals surface area contributed by atoms with E-state index in [4.69, 9.17) is 0 Å². The van der Waals surface area contributed by atoms with Crippen LogP contribution in [0, 0.1) is 5.92 Å². The molecule has 90 valence electrons. The van der Waals surface area contributed by atoms with Gasteiger partial charge in [-0.1, -0.05) is 18.2 Å². The van der Waals surface area contributed by atoms with Gasteiger partial charge in [0.05, 0.1) is 0 Å². The molecule has 0 unspecified atom stereocenters. The molecule has 0 aromatic heterocycles. The van der Waals surface area contributed by atoms with E-state index in [-0.39, 0.29) is 0 Å². The van der Waals surface area contributed by atoms with Gasteiger partial charge in [-0.3, -0.25) is 4.79 Å². The average Bonchev–Trinajstić information content (AvgIpc) is 3.08. The SMILES string of the molecule is O=C(CCCc1ccc2c(c1)CCC2)C1CC1. The van der Waals surface area contributed by atoms with Crippen LogP contribution in [0.25, 0.3) is 0 Å². The molecule has 0 bridgehead atoms. The Morgan fingerprint density at radius 1 is 1.18 bits per heavy atom. The molecule has 17 heavy (non-hydrogen) atoms. The zero-order valence-corrected chi connectivity index (χ0v) is 10.4. The molecule has 0 radical (unpaired) electrons. The largest absolute Gasteiger partial charge is 0.299 e. The van der Waals surface area contributed by atoms with E-state index < -0.39 is 0 Å². The highest BCUT2D eigenvalue weighted by molar-refractivity contribution is 5.83. The molecule has 2 aliphatic carbocycles. The molecule has 0 heterocycles. The van der Waals surface area contributed by atoms with E-state index in [1.807, 2.05) is 0 Å². The predicted octanol–water partition coefficient (Wildman–Crippen LogP) is 3.48. The van der Waals surface area contributed by atoms with Crippen LogP contribution < -0.4 is 0 Å². The fraction of sp³-hybridized carbons (Fsp3) is 0.562. The summed E-state index contributed by atoms with van der Waals surface area (Å²) in [5.41, 5.74) is 4.52. The minimum absolute atomic E-state index is 0.440. The van der Waals surface area contributed by atoms with Crippen LogP contribution in [-0.4, -0.2) is 5.78 Å². The third-order valence-electron chi connectivity index (χ3n) is 4.08. The molecule has 2 aliphatic rings. The molecule has 0 N–H and O–H groups in total. The van der Waals surface area contributed by atoms with Crippen LogP contribution in [0.2, 0.25) is 0 Å². The molecule has 0 atom stereocenters. The highest BCUT2D eigenvalue weighted by atomic mass is 16.1. The lowest BCUT2D eigenvalue weighted by molar-refractivity contribution is -0.120. The standard InChI is InChI=1S/C16H20O/c17-16(14-9-10-14)6-1-3-12-7-8-13-4-2-5-15(13)11-12/h7-8,11,14H,1-6,9-10H2. The lowest BCUT2D eigenvalue weighted by atomic mass is 10.0. The molecule has 0 amide bonds. The van der Waals surface area contributed by atoms with Crippen molar-refractivity contribution < 1.29 is 4.79 Å². The molecule has 3 rings (SSSR count). The van der Waals surface area contributed by atoms with Crippen molar-refractivity contribution in [3.63, 3.8) is 0 Å². The second kappa shape index (κ2) is 4.64. The first-order valence-electron chi connectivity index (χ1n) is 6.96. The molecular formula is C16H20O. The number of fused-ring (bicyclic) bond motifs is 1. The summed E-state index contributed by atoms with van der Waals surface area (Å²) < 4.78 is 0. The zero-order valence-electron chi connectivity index (χ0n) is 10.4. The van der Waals surface area contributed by atoms with Gasteiger partial charge in [-0.2, -0.15) is 0 Å². The van der Waals surface area contributed by atoms with Gasteiger partial charge in [-0.25, -0.2) is 0 Å². The van der Waals surface area contributed by atoms with Crippen LogP contribution in [0.5, 0.6) is 0 Å². The van der Waals surface area contributed by atoms with E-state index in [0.717, 1.165) is 32.1 Å². The number of benzene rings is 1. The minimum Gasteiger partial charge on any atom is -0.299 e. The highest BCUT2D eigenvalue weighted by Gasteiger charge is 2.28. The Kier molecular flexibility index (Phi) is 3.00.